The molecule has 1 heterocycles. The molecule has 194 valence electrons. The van der Waals surface area contributed by atoms with Crippen molar-refractivity contribution in [2.45, 2.75) is 6.18 Å². The fourth-order valence-electron chi connectivity index (χ4n) is 4.50. The highest BCUT2D eigenvalue weighted by molar-refractivity contribution is 6.17. The van der Waals surface area contributed by atoms with Gasteiger partial charge in [-0.25, -0.2) is 9.18 Å². The maximum absolute atomic E-state index is 14.6. The summed E-state index contributed by atoms with van der Waals surface area (Å²) in [6.07, 6.45) is -3.57. The van der Waals surface area contributed by atoms with Crippen molar-refractivity contribution in [2.24, 2.45) is 5.73 Å². The van der Waals surface area contributed by atoms with Crippen LogP contribution in [0.3, 0.4) is 0 Å². The van der Waals surface area contributed by atoms with E-state index in [9.17, 15) is 27.2 Å². The van der Waals surface area contributed by atoms with Crippen LogP contribution in [-0.2, 0) is 6.18 Å². The first-order valence-electron chi connectivity index (χ1n) is 11.7. The van der Waals surface area contributed by atoms with Crippen molar-refractivity contribution in [3.63, 3.8) is 0 Å². The summed E-state index contributed by atoms with van der Waals surface area (Å²) in [6.45, 7) is 0. The van der Waals surface area contributed by atoms with Crippen LogP contribution in [0.5, 0.6) is 0 Å². The second-order valence-electron chi connectivity index (χ2n) is 8.62. The summed E-state index contributed by atoms with van der Waals surface area (Å²) in [5.41, 5.74) is 5.21. The van der Waals surface area contributed by atoms with Crippen molar-refractivity contribution >= 4 is 34.1 Å². The fourth-order valence-corrected chi connectivity index (χ4v) is 4.50. The molecule has 5 nitrogen and oxygen atoms in total. The molecule has 0 unspecified atom stereocenters. The number of primary amides is 1. The number of nitrogens with two attached hydrogens (primary N) is 1. The lowest BCUT2D eigenvalue weighted by atomic mass is 9.91. The van der Waals surface area contributed by atoms with E-state index < -0.39 is 29.4 Å². The molecule has 5 aromatic rings. The zero-order chi connectivity index (χ0) is 27.7. The Kier molecular flexibility index (Phi) is 6.57. The summed E-state index contributed by atoms with van der Waals surface area (Å²) in [4.78, 5) is 31.0. The van der Waals surface area contributed by atoms with Crippen molar-refractivity contribution in [1.82, 2.24) is 4.98 Å². The predicted octanol–water partition coefficient (Wildman–Crippen LogP) is 7.51. The summed E-state index contributed by atoms with van der Waals surface area (Å²) < 4.78 is 56.2. The Morgan fingerprint density at radius 1 is 0.821 bits per heavy atom. The van der Waals surface area contributed by atoms with Gasteiger partial charge >= 0.3 is 12.2 Å². The number of nitrogens with zero attached hydrogens (tertiary/aromatic N) is 2. The first-order valence-corrected chi connectivity index (χ1v) is 11.7. The predicted molar refractivity (Wildman–Crippen MR) is 140 cm³/mol. The summed E-state index contributed by atoms with van der Waals surface area (Å²) in [6, 6.07) is 22.5. The molecule has 0 saturated heterocycles. The first-order chi connectivity index (χ1) is 18.7. The van der Waals surface area contributed by atoms with E-state index in [0.29, 0.717) is 11.1 Å². The first kappa shape index (κ1) is 25.6. The quantitative estimate of drug-likeness (QED) is 0.189. The van der Waals surface area contributed by atoms with Gasteiger partial charge in [-0.1, -0.05) is 66.7 Å². The van der Waals surface area contributed by atoms with Gasteiger partial charge in [0.2, 0.25) is 0 Å². The van der Waals surface area contributed by atoms with Crippen molar-refractivity contribution in [3.8, 4) is 11.1 Å². The van der Waals surface area contributed by atoms with Gasteiger partial charge in [-0.15, -0.1) is 0 Å². The topological polar surface area (TPSA) is 76.3 Å². The van der Waals surface area contributed by atoms with Crippen LogP contribution in [-0.4, -0.2) is 16.8 Å². The largest absolute Gasteiger partial charge is 0.418 e. The van der Waals surface area contributed by atoms with Crippen LogP contribution in [0.1, 0.15) is 21.5 Å². The molecule has 0 aliphatic heterocycles. The van der Waals surface area contributed by atoms with Gasteiger partial charge in [0.1, 0.15) is 5.82 Å². The number of hydrogen-bond acceptors (Lipinski definition) is 3. The van der Waals surface area contributed by atoms with Crippen LogP contribution in [0.4, 0.5) is 33.7 Å². The zero-order valence-corrected chi connectivity index (χ0v) is 20.1. The third-order valence-electron chi connectivity index (χ3n) is 6.19. The van der Waals surface area contributed by atoms with Gasteiger partial charge in [-0.2, -0.15) is 13.2 Å². The molecule has 0 aliphatic carbocycles. The van der Waals surface area contributed by atoms with Gasteiger partial charge < -0.3 is 5.73 Å². The van der Waals surface area contributed by atoms with E-state index in [2.05, 4.69) is 4.98 Å². The molecule has 0 bridgehead atoms. The Labute approximate surface area is 220 Å². The number of urea groups is 1. The highest BCUT2D eigenvalue weighted by Gasteiger charge is 2.34. The van der Waals surface area contributed by atoms with Crippen LogP contribution < -0.4 is 10.6 Å². The number of fused-ring (bicyclic) bond motifs is 1. The standard InChI is InChI=1S/C30H19F4N3O2/c31-24-14-4-5-15-25(24)37(29(35)39)20-11-6-10-19(16-20)26-21-12-7-13-23(30(32,33)34)27(21)36-17-22(26)28(38)18-8-2-1-3-9-18/h1-17H,(H2,35,39). The van der Waals surface area contributed by atoms with Gasteiger partial charge in [-0.05, 0) is 35.9 Å². The Balaban J connectivity index is 1.79. The monoisotopic (exact) mass is 529 g/mol. The van der Waals surface area contributed by atoms with Crippen LogP contribution in [0, 0.1) is 5.82 Å². The molecular weight excluding hydrogens is 510 g/mol. The van der Waals surface area contributed by atoms with E-state index >= 15 is 0 Å². The Bertz CT molecular complexity index is 1720. The maximum Gasteiger partial charge on any atom is 0.418 e. The van der Waals surface area contributed by atoms with Gasteiger partial charge in [-0.3, -0.25) is 14.7 Å². The highest BCUT2D eigenvalue weighted by Crippen LogP contribution is 2.40. The number of carbonyl (C=O) groups excluding carboxylic acids is 2. The third kappa shape index (κ3) is 4.82. The molecule has 2 amide bonds. The van der Waals surface area contributed by atoms with Crippen LogP contribution >= 0.6 is 0 Å². The molecule has 0 spiro atoms. The number of aromatic nitrogens is 1. The third-order valence-corrected chi connectivity index (χ3v) is 6.19. The summed E-state index contributed by atoms with van der Waals surface area (Å²) >= 11 is 0. The van der Waals surface area contributed by atoms with Crippen LogP contribution in [0.15, 0.2) is 103 Å². The molecule has 5 rings (SSSR count). The van der Waals surface area contributed by atoms with Gasteiger partial charge in [0, 0.05) is 28.3 Å². The Morgan fingerprint density at radius 3 is 2.21 bits per heavy atom. The average molecular weight is 529 g/mol. The number of amides is 2. The van der Waals surface area contributed by atoms with Gasteiger partial charge in [0.25, 0.3) is 0 Å². The normalized spacial score (nSPS) is 11.4. The summed E-state index contributed by atoms with van der Waals surface area (Å²) in [7, 11) is 0. The lowest BCUT2D eigenvalue weighted by Crippen LogP contribution is -2.32. The van der Waals surface area contributed by atoms with Crippen LogP contribution in [0.2, 0.25) is 0 Å². The number of rotatable bonds is 5. The van der Waals surface area contributed by atoms with E-state index in [1.54, 1.807) is 36.4 Å². The average Bonchev–Trinajstić information content (AvgIpc) is 2.93. The highest BCUT2D eigenvalue weighted by atomic mass is 19.4. The minimum atomic E-state index is -4.69. The number of benzene rings is 4. The molecule has 9 heteroatoms. The van der Waals surface area contributed by atoms with E-state index in [-0.39, 0.29) is 33.4 Å². The van der Waals surface area contributed by atoms with E-state index in [4.69, 9.17) is 5.73 Å². The number of halogens is 4. The number of alkyl halides is 3. The molecule has 0 fully saturated rings. The molecule has 0 saturated carbocycles. The van der Waals surface area contributed by atoms with E-state index in [1.165, 1.54) is 54.6 Å². The number of pyridine rings is 1. The van der Waals surface area contributed by atoms with Gasteiger partial charge in [0.05, 0.1) is 22.5 Å². The minimum absolute atomic E-state index is 0.0571. The number of ketones is 1. The molecule has 0 aliphatic rings. The number of hydrogen-bond donors (Lipinski definition) is 1. The van der Waals surface area contributed by atoms with E-state index in [1.807, 2.05) is 0 Å². The van der Waals surface area contributed by atoms with Crippen molar-refractivity contribution in [1.29, 1.82) is 0 Å². The van der Waals surface area contributed by atoms with Crippen molar-refractivity contribution < 1.29 is 27.2 Å². The lowest BCUT2D eigenvalue weighted by Gasteiger charge is -2.22. The summed E-state index contributed by atoms with van der Waals surface area (Å²) in [5, 5.41) is 0.0836. The molecule has 39 heavy (non-hydrogen) atoms. The minimum Gasteiger partial charge on any atom is -0.351 e. The molecule has 0 radical (unpaired) electrons. The smallest absolute Gasteiger partial charge is 0.351 e. The lowest BCUT2D eigenvalue weighted by molar-refractivity contribution is -0.136. The van der Waals surface area contributed by atoms with Gasteiger partial charge in [0.15, 0.2) is 5.78 Å². The zero-order valence-electron chi connectivity index (χ0n) is 20.1. The SMILES string of the molecule is NC(=O)N(c1cccc(-c2c(C(=O)c3ccccc3)cnc3c(C(F)(F)F)cccc23)c1)c1ccccc1F. The van der Waals surface area contributed by atoms with E-state index in [0.717, 1.165) is 17.2 Å². The van der Waals surface area contributed by atoms with Crippen LogP contribution in [0.25, 0.3) is 22.0 Å². The number of anilines is 2. The summed E-state index contributed by atoms with van der Waals surface area (Å²) in [5.74, 6) is -1.16. The second kappa shape index (κ2) is 10.0. The number of para-hydroxylation sites is 2. The van der Waals surface area contributed by atoms with Crippen molar-refractivity contribution in [3.05, 3.63) is 126 Å². The molecule has 4 aromatic carbocycles. The molecular formula is C30H19F4N3O2. The Morgan fingerprint density at radius 2 is 1.51 bits per heavy atom. The second-order valence-corrected chi connectivity index (χ2v) is 8.62. The number of carbonyl (C=O) groups is 2. The van der Waals surface area contributed by atoms with Crippen molar-refractivity contribution in [2.75, 3.05) is 4.90 Å². The maximum atomic E-state index is 14.6. The molecule has 0 atom stereocenters. The molecule has 1 aromatic heterocycles. The fraction of sp³-hybridized carbons (Fsp3) is 0.0333. The Hall–Kier alpha value is -5.05. The molecule has 2 N–H and O–H groups in total.